The van der Waals surface area contributed by atoms with E-state index >= 15 is 0 Å². The van der Waals surface area contributed by atoms with Crippen LogP contribution < -0.4 is 5.32 Å². The van der Waals surface area contributed by atoms with Crippen molar-refractivity contribution in [1.29, 1.82) is 0 Å². The monoisotopic (exact) mass is 251 g/mol. The molecule has 2 aromatic rings. The topological polar surface area (TPSA) is 51.0 Å². The van der Waals surface area contributed by atoms with Gasteiger partial charge in [-0.3, -0.25) is 0 Å². The fraction of sp³-hybridized carbons (Fsp3) is 0.500. The zero-order valence-corrected chi connectivity index (χ0v) is 11.2. The smallest absolute Gasteiger partial charge is 0.257 e. The number of aromatic nitrogens is 2. The van der Waals surface area contributed by atoms with Crippen LogP contribution >= 0.6 is 11.3 Å². The summed E-state index contributed by atoms with van der Waals surface area (Å²) in [5.41, 5.74) is 1.19. The molecule has 0 aliphatic heterocycles. The Labute approximate surface area is 105 Å². The average Bonchev–Trinajstić information content (AvgIpc) is 2.86. The lowest BCUT2D eigenvalue weighted by molar-refractivity contribution is 0.485. The number of thiophene rings is 1. The highest BCUT2D eigenvalue weighted by Gasteiger charge is 2.11. The van der Waals surface area contributed by atoms with Crippen molar-refractivity contribution in [3.63, 3.8) is 0 Å². The molecule has 92 valence electrons. The predicted octanol–water partition coefficient (Wildman–Crippen LogP) is 2.65. The molecule has 0 bridgehead atoms. The largest absolute Gasteiger partial charge is 0.420 e. The maximum atomic E-state index is 5.64. The minimum Gasteiger partial charge on any atom is -0.420 e. The molecule has 0 saturated heterocycles. The molecule has 0 saturated carbocycles. The van der Waals surface area contributed by atoms with Crippen LogP contribution in [0.2, 0.25) is 0 Å². The van der Waals surface area contributed by atoms with E-state index in [1.54, 1.807) is 11.3 Å². The molecule has 0 amide bonds. The van der Waals surface area contributed by atoms with Crippen molar-refractivity contribution in [2.75, 3.05) is 6.54 Å². The Hall–Kier alpha value is -1.20. The second-order valence-corrected chi connectivity index (χ2v) is 5.21. The second kappa shape index (κ2) is 5.42. The van der Waals surface area contributed by atoms with Crippen molar-refractivity contribution in [2.45, 2.75) is 33.2 Å². The van der Waals surface area contributed by atoms with Crippen LogP contribution in [0.5, 0.6) is 0 Å². The SMILES string of the molecule is Cc1ccsc1-c1nnc(CCNC(C)C)o1. The summed E-state index contributed by atoms with van der Waals surface area (Å²) in [7, 11) is 0. The standard InChI is InChI=1S/C12H17N3OS/c1-8(2)13-6-4-10-14-15-12(16-10)11-9(3)5-7-17-11/h5,7-8,13H,4,6H2,1-3H3. The first kappa shape index (κ1) is 12.3. The molecular formula is C12H17N3OS. The normalized spacial score (nSPS) is 11.3. The fourth-order valence-electron chi connectivity index (χ4n) is 1.51. The van der Waals surface area contributed by atoms with E-state index in [-0.39, 0.29) is 0 Å². The zero-order chi connectivity index (χ0) is 12.3. The van der Waals surface area contributed by atoms with Gasteiger partial charge in [-0.1, -0.05) is 13.8 Å². The van der Waals surface area contributed by atoms with Gasteiger partial charge in [-0.05, 0) is 23.9 Å². The lowest BCUT2D eigenvalue weighted by atomic mass is 10.3. The molecule has 4 nitrogen and oxygen atoms in total. The summed E-state index contributed by atoms with van der Waals surface area (Å²) in [6.45, 7) is 7.15. The third kappa shape index (κ3) is 3.14. The Kier molecular flexibility index (Phi) is 3.91. The third-order valence-electron chi connectivity index (χ3n) is 2.41. The average molecular weight is 251 g/mol. The first-order chi connectivity index (χ1) is 8.16. The molecule has 0 fully saturated rings. The quantitative estimate of drug-likeness (QED) is 0.887. The zero-order valence-electron chi connectivity index (χ0n) is 10.4. The Morgan fingerprint density at radius 3 is 2.88 bits per heavy atom. The highest BCUT2D eigenvalue weighted by atomic mass is 32.1. The Bertz CT molecular complexity index is 476. The van der Waals surface area contributed by atoms with Gasteiger partial charge in [0.25, 0.3) is 5.89 Å². The number of nitrogens with zero attached hydrogens (tertiary/aromatic N) is 2. The minimum atomic E-state index is 0.483. The van der Waals surface area contributed by atoms with Gasteiger partial charge in [0.2, 0.25) is 5.89 Å². The molecule has 2 heterocycles. The van der Waals surface area contributed by atoms with Gasteiger partial charge in [-0.15, -0.1) is 21.5 Å². The van der Waals surface area contributed by atoms with Gasteiger partial charge >= 0.3 is 0 Å². The van der Waals surface area contributed by atoms with Crippen molar-refractivity contribution in [2.24, 2.45) is 0 Å². The van der Waals surface area contributed by atoms with Crippen molar-refractivity contribution in [1.82, 2.24) is 15.5 Å². The molecule has 0 aliphatic rings. The maximum Gasteiger partial charge on any atom is 0.257 e. The summed E-state index contributed by atoms with van der Waals surface area (Å²) in [6, 6.07) is 2.54. The van der Waals surface area contributed by atoms with Crippen molar-refractivity contribution in [3.8, 4) is 10.8 Å². The Morgan fingerprint density at radius 1 is 1.41 bits per heavy atom. The van der Waals surface area contributed by atoms with E-state index in [9.17, 15) is 0 Å². The summed E-state index contributed by atoms with van der Waals surface area (Å²) < 4.78 is 5.64. The lowest BCUT2D eigenvalue weighted by Gasteiger charge is -2.04. The van der Waals surface area contributed by atoms with Gasteiger partial charge in [-0.2, -0.15) is 0 Å². The van der Waals surface area contributed by atoms with E-state index in [1.807, 2.05) is 5.38 Å². The summed E-state index contributed by atoms with van der Waals surface area (Å²) in [6.07, 6.45) is 0.773. The Balaban J connectivity index is 1.99. The van der Waals surface area contributed by atoms with Crippen molar-refractivity contribution in [3.05, 3.63) is 22.9 Å². The van der Waals surface area contributed by atoms with Crippen LogP contribution in [0.3, 0.4) is 0 Å². The van der Waals surface area contributed by atoms with Gasteiger partial charge in [0.1, 0.15) is 0 Å². The number of nitrogens with one attached hydrogen (secondary N) is 1. The van der Waals surface area contributed by atoms with Crippen LogP contribution in [0.25, 0.3) is 10.8 Å². The van der Waals surface area contributed by atoms with Crippen LogP contribution in [-0.4, -0.2) is 22.8 Å². The number of rotatable bonds is 5. The van der Waals surface area contributed by atoms with Crippen LogP contribution in [0.4, 0.5) is 0 Å². The van der Waals surface area contributed by atoms with Gasteiger partial charge in [0, 0.05) is 19.0 Å². The predicted molar refractivity (Wildman–Crippen MR) is 69.2 cm³/mol. The van der Waals surface area contributed by atoms with Crippen LogP contribution in [0.15, 0.2) is 15.9 Å². The van der Waals surface area contributed by atoms with Crippen molar-refractivity contribution < 1.29 is 4.42 Å². The summed E-state index contributed by atoms with van der Waals surface area (Å²) >= 11 is 1.63. The molecular weight excluding hydrogens is 234 g/mol. The van der Waals surface area contributed by atoms with E-state index in [4.69, 9.17) is 4.42 Å². The minimum absolute atomic E-state index is 0.483. The molecule has 0 unspecified atom stereocenters. The highest BCUT2D eigenvalue weighted by Crippen LogP contribution is 2.27. The van der Waals surface area contributed by atoms with Crippen LogP contribution in [-0.2, 0) is 6.42 Å². The van der Waals surface area contributed by atoms with E-state index < -0.39 is 0 Å². The van der Waals surface area contributed by atoms with Gasteiger partial charge < -0.3 is 9.73 Å². The van der Waals surface area contributed by atoms with E-state index in [2.05, 4.69) is 42.4 Å². The molecule has 5 heteroatoms. The summed E-state index contributed by atoms with van der Waals surface area (Å²) in [5.74, 6) is 1.33. The van der Waals surface area contributed by atoms with Crippen molar-refractivity contribution >= 4 is 11.3 Å². The number of hydrogen-bond donors (Lipinski definition) is 1. The van der Waals surface area contributed by atoms with E-state index in [0.29, 0.717) is 17.8 Å². The third-order valence-corrected chi connectivity index (χ3v) is 3.42. The lowest BCUT2D eigenvalue weighted by Crippen LogP contribution is -2.25. The van der Waals surface area contributed by atoms with E-state index in [0.717, 1.165) is 17.8 Å². The summed E-state index contributed by atoms with van der Waals surface area (Å²) in [5, 5.41) is 13.5. The molecule has 0 aromatic carbocycles. The first-order valence-electron chi connectivity index (χ1n) is 5.77. The van der Waals surface area contributed by atoms with Gasteiger partial charge in [0.15, 0.2) is 0 Å². The molecule has 17 heavy (non-hydrogen) atoms. The number of hydrogen-bond acceptors (Lipinski definition) is 5. The number of aryl methyl sites for hydroxylation is 1. The molecule has 0 atom stereocenters. The van der Waals surface area contributed by atoms with Gasteiger partial charge in [0.05, 0.1) is 4.88 Å². The van der Waals surface area contributed by atoms with Gasteiger partial charge in [-0.25, -0.2) is 0 Å². The highest BCUT2D eigenvalue weighted by molar-refractivity contribution is 7.13. The first-order valence-corrected chi connectivity index (χ1v) is 6.65. The molecule has 0 radical (unpaired) electrons. The molecule has 2 aromatic heterocycles. The molecule has 2 rings (SSSR count). The maximum absolute atomic E-state index is 5.64. The second-order valence-electron chi connectivity index (χ2n) is 4.29. The van der Waals surface area contributed by atoms with Crippen LogP contribution in [0, 0.1) is 6.92 Å². The van der Waals surface area contributed by atoms with Crippen LogP contribution in [0.1, 0.15) is 25.3 Å². The molecule has 0 aliphatic carbocycles. The molecule has 1 N–H and O–H groups in total. The Morgan fingerprint density at radius 2 is 2.24 bits per heavy atom. The van der Waals surface area contributed by atoms with E-state index in [1.165, 1.54) is 5.56 Å². The summed E-state index contributed by atoms with van der Waals surface area (Å²) in [4.78, 5) is 1.07. The fourth-order valence-corrected chi connectivity index (χ4v) is 2.35. The molecule has 0 spiro atoms.